The number of phenolic OH excluding ortho intramolecular Hbond substituents is 12. The molecule has 4 aromatic carbocycles. The largest absolute Gasteiger partial charge is 0.504 e. The van der Waals surface area contributed by atoms with Gasteiger partial charge in [-0.1, -0.05) is 0 Å². The van der Waals surface area contributed by atoms with Gasteiger partial charge in [-0.3, -0.25) is 0 Å². The second-order valence-corrected chi connectivity index (χ2v) is 9.67. The summed E-state index contributed by atoms with van der Waals surface area (Å²) in [4.78, 5) is 0. The van der Waals surface area contributed by atoms with Gasteiger partial charge in [0, 0.05) is 70.2 Å². The maximum atomic E-state index is 10.5. The van der Waals surface area contributed by atoms with Gasteiger partial charge in [0.1, 0.15) is 0 Å². The smallest absolute Gasteiger partial charge is 0.200 e. The van der Waals surface area contributed by atoms with Crippen LogP contribution in [0.1, 0.15) is 44.5 Å². The van der Waals surface area contributed by atoms with Crippen LogP contribution in [0.4, 0.5) is 0 Å². The topological polar surface area (TPSA) is 243 Å². The van der Waals surface area contributed by atoms with E-state index in [9.17, 15) is 61.3 Å². The minimum Gasteiger partial charge on any atom is -0.504 e. The van der Waals surface area contributed by atoms with Crippen molar-refractivity contribution in [3.05, 3.63) is 68.8 Å². The maximum Gasteiger partial charge on any atom is 0.200 e. The lowest BCUT2D eigenvalue weighted by Crippen LogP contribution is -2.01. The molecule has 0 fully saturated rings. The summed E-state index contributed by atoms with van der Waals surface area (Å²) in [7, 11) is 0. The number of phenols is 12. The van der Waals surface area contributed by atoms with E-state index < -0.39 is 69.0 Å². The van der Waals surface area contributed by atoms with Crippen molar-refractivity contribution in [3.63, 3.8) is 0 Å². The molecule has 8 bridgehead atoms. The molecule has 0 saturated heterocycles. The van der Waals surface area contributed by atoms with E-state index in [4.69, 9.17) is 0 Å². The lowest BCUT2D eigenvalue weighted by Gasteiger charge is -2.19. The molecule has 12 heteroatoms. The van der Waals surface area contributed by atoms with E-state index in [-0.39, 0.29) is 70.2 Å². The molecule has 40 heavy (non-hydrogen) atoms. The van der Waals surface area contributed by atoms with Gasteiger partial charge in [0.2, 0.25) is 23.0 Å². The van der Waals surface area contributed by atoms with Crippen LogP contribution in [0.2, 0.25) is 0 Å². The molecule has 4 aromatic rings. The average molecular weight is 552 g/mol. The van der Waals surface area contributed by atoms with Crippen molar-refractivity contribution in [3.8, 4) is 69.0 Å². The van der Waals surface area contributed by atoms with Gasteiger partial charge in [0.15, 0.2) is 46.0 Å². The Bertz CT molecular complexity index is 1370. The summed E-state index contributed by atoms with van der Waals surface area (Å²) in [6.45, 7) is 0. The Morgan fingerprint density at radius 3 is 0.475 bits per heavy atom. The number of benzene rings is 4. The number of rotatable bonds is 0. The summed E-state index contributed by atoms with van der Waals surface area (Å²) in [5.74, 6) is -9.67. The van der Waals surface area contributed by atoms with Crippen molar-refractivity contribution in [1.29, 1.82) is 0 Å². The molecule has 0 atom stereocenters. The van der Waals surface area contributed by atoms with Crippen molar-refractivity contribution >= 4 is 0 Å². The molecule has 0 heterocycles. The van der Waals surface area contributed by atoms with E-state index in [1.165, 1.54) is 24.3 Å². The Balaban J connectivity index is 1.84. The fraction of sp³-hybridized carbons (Fsp3) is 0.143. The molecule has 0 unspecified atom stereocenters. The molecular weight excluding hydrogens is 528 g/mol. The highest BCUT2D eigenvalue weighted by atomic mass is 16.3. The van der Waals surface area contributed by atoms with E-state index in [0.717, 1.165) is 0 Å². The number of aromatic hydroxyl groups is 12. The first-order valence-electron chi connectivity index (χ1n) is 11.8. The van der Waals surface area contributed by atoms with Crippen molar-refractivity contribution in [2.24, 2.45) is 0 Å². The Labute approximate surface area is 225 Å². The van der Waals surface area contributed by atoms with Crippen LogP contribution in [0.25, 0.3) is 0 Å². The average Bonchev–Trinajstić information content (AvgIpc) is 2.93. The summed E-state index contributed by atoms with van der Waals surface area (Å²) >= 11 is 0. The minimum absolute atomic E-state index is 0.0427. The van der Waals surface area contributed by atoms with Gasteiger partial charge in [-0.2, -0.15) is 0 Å². The van der Waals surface area contributed by atoms with Gasteiger partial charge in [0.05, 0.1) is 0 Å². The third kappa shape index (κ3) is 3.93. The second-order valence-electron chi connectivity index (χ2n) is 9.67. The first kappa shape index (κ1) is 26.1. The third-order valence-electron chi connectivity index (χ3n) is 7.15. The number of hydrogen-bond donors (Lipinski definition) is 12. The van der Waals surface area contributed by atoms with Crippen LogP contribution in [0, 0.1) is 0 Å². The second kappa shape index (κ2) is 9.05. The van der Waals surface area contributed by atoms with Gasteiger partial charge < -0.3 is 61.3 Å². The quantitative estimate of drug-likeness (QED) is 0.124. The Morgan fingerprint density at radius 1 is 0.225 bits per heavy atom. The summed E-state index contributed by atoms with van der Waals surface area (Å²) in [6.07, 6.45) is -1.41. The van der Waals surface area contributed by atoms with Crippen molar-refractivity contribution in [2.45, 2.75) is 25.7 Å². The van der Waals surface area contributed by atoms with Crippen LogP contribution >= 0.6 is 0 Å². The molecule has 0 spiro atoms. The molecular formula is C28H24O12. The summed E-state index contributed by atoms with van der Waals surface area (Å²) in [6, 6.07) is 5.00. The van der Waals surface area contributed by atoms with Crippen LogP contribution in [0.3, 0.4) is 0 Å². The lowest BCUT2D eigenvalue weighted by atomic mass is 9.90. The van der Waals surface area contributed by atoms with Crippen molar-refractivity contribution < 1.29 is 61.3 Å². The van der Waals surface area contributed by atoms with Gasteiger partial charge in [-0.05, 0) is 24.3 Å². The van der Waals surface area contributed by atoms with Crippen LogP contribution in [0.5, 0.6) is 69.0 Å². The molecule has 0 saturated carbocycles. The molecule has 208 valence electrons. The number of fused-ring (bicyclic) bond motifs is 8. The van der Waals surface area contributed by atoms with E-state index in [2.05, 4.69) is 0 Å². The summed E-state index contributed by atoms with van der Waals surface area (Å²) in [5, 5.41) is 126. The highest BCUT2D eigenvalue weighted by Crippen LogP contribution is 2.49. The van der Waals surface area contributed by atoms with E-state index in [0.29, 0.717) is 0 Å². The van der Waals surface area contributed by atoms with Crippen LogP contribution < -0.4 is 0 Å². The van der Waals surface area contributed by atoms with Gasteiger partial charge in [0.25, 0.3) is 0 Å². The molecule has 12 nitrogen and oxygen atoms in total. The fourth-order valence-corrected chi connectivity index (χ4v) is 4.95. The highest BCUT2D eigenvalue weighted by molar-refractivity contribution is 5.67. The predicted molar refractivity (Wildman–Crippen MR) is 137 cm³/mol. The predicted octanol–water partition coefficient (Wildman–Crippen LogP) is 2.83. The zero-order valence-electron chi connectivity index (χ0n) is 20.5. The Morgan fingerprint density at radius 2 is 0.350 bits per heavy atom. The van der Waals surface area contributed by atoms with Gasteiger partial charge >= 0.3 is 0 Å². The van der Waals surface area contributed by atoms with E-state index in [1.807, 2.05) is 0 Å². The molecule has 1 aliphatic rings. The normalized spacial score (nSPS) is 12.8. The lowest BCUT2D eigenvalue weighted by molar-refractivity contribution is 0.357. The maximum absolute atomic E-state index is 10.5. The Kier molecular flexibility index (Phi) is 5.90. The molecule has 5 rings (SSSR count). The molecule has 0 amide bonds. The monoisotopic (exact) mass is 552 g/mol. The summed E-state index contributed by atoms with van der Waals surface area (Å²) < 4.78 is 0. The molecule has 12 N–H and O–H groups in total. The van der Waals surface area contributed by atoms with Crippen LogP contribution in [0.15, 0.2) is 24.3 Å². The SMILES string of the molecule is Oc1c2cc(c(O)c1O)Cc1cc(c(O)c(O)c1O)Cc1cc(c(O)c(O)c1O)Cc1cc(c(O)c(O)c1O)C2. The van der Waals surface area contributed by atoms with E-state index >= 15 is 0 Å². The fourth-order valence-electron chi connectivity index (χ4n) is 4.95. The highest BCUT2D eigenvalue weighted by Gasteiger charge is 2.26. The first-order chi connectivity index (χ1) is 18.8. The van der Waals surface area contributed by atoms with Crippen molar-refractivity contribution in [2.75, 3.05) is 0 Å². The molecule has 0 aliphatic heterocycles. The van der Waals surface area contributed by atoms with E-state index in [1.54, 1.807) is 0 Å². The standard InChI is InChI=1S/C28H24O12/c29-17-9-1-10(18(30)25(17)37)6-12-3-14(22(34)27(39)20(12)32)8-16-4-15(23(35)28(40)24(16)36)7-13-2-11(5-9)19(31)26(38)21(13)33/h1-4,29-40H,5-8H2. The van der Waals surface area contributed by atoms with Crippen molar-refractivity contribution in [1.82, 2.24) is 0 Å². The zero-order chi connectivity index (χ0) is 29.2. The minimum atomic E-state index is -0.917. The van der Waals surface area contributed by atoms with Crippen LogP contribution in [-0.2, 0) is 25.7 Å². The van der Waals surface area contributed by atoms with Gasteiger partial charge in [-0.15, -0.1) is 0 Å². The van der Waals surface area contributed by atoms with Gasteiger partial charge in [-0.25, -0.2) is 0 Å². The Hall–Kier alpha value is -5.52. The third-order valence-corrected chi connectivity index (χ3v) is 7.15. The first-order valence-corrected chi connectivity index (χ1v) is 11.8. The number of hydrogen-bond acceptors (Lipinski definition) is 12. The molecule has 0 radical (unpaired) electrons. The molecule has 0 aromatic heterocycles. The summed E-state index contributed by atoms with van der Waals surface area (Å²) in [5.41, 5.74) is -0.342. The zero-order valence-corrected chi connectivity index (χ0v) is 20.5. The molecule has 1 aliphatic carbocycles. The van der Waals surface area contributed by atoms with Crippen LogP contribution in [-0.4, -0.2) is 61.3 Å².